The third-order valence-corrected chi connectivity index (χ3v) is 3.19. The molecule has 21 heavy (non-hydrogen) atoms. The summed E-state index contributed by atoms with van der Waals surface area (Å²) in [6, 6.07) is 15.8. The highest BCUT2D eigenvalue weighted by Crippen LogP contribution is 2.24. The molecule has 0 fully saturated rings. The molecule has 0 unspecified atom stereocenters. The van der Waals surface area contributed by atoms with Crippen molar-refractivity contribution in [1.29, 1.82) is 5.26 Å². The van der Waals surface area contributed by atoms with E-state index in [1.165, 1.54) is 7.11 Å². The zero-order valence-corrected chi connectivity index (χ0v) is 11.9. The number of carbonyl (C=O) groups is 1. The van der Waals surface area contributed by atoms with E-state index in [4.69, 9.17) is 9.47 Å². The van der Waals surface area contributed by atoms with E-state index in [9.17, 15) is 10.1 Å². The topological polar surface area (TPSA) is 59.3 Å². The molecule has 4 heteroatoms. The maximum Gasteiger partial charge on any atom is 0.184 e. The molecular formula is C17H15NO3. The predicted molar refractivity (Wildman–Crippen MR) is 78.7 cm³/mol. The van der Waals surface area contributed by atoms with Gasteiger partial charge in [0.1, 0.15) is 17.4 Å². The molecule has 0 N–H and O–H groups in total. The van der Waals surface area contributed by atoms with E-state index < -0.39 is 5.92 Å². The Morgan fingerprint density at radius 2 is 1.71 bits per heavy atom. The van der Waals surface area contributed by atoms with Crippen molar-refractivity contribution in [2.45, 2.75) is 5.92 Å². The molecule has 0 aliphatic rings. The van der Waals surface area contributed by atoms with Gasteiger partial charge < -0.3 is 9.47 Å². The van der Waals surface area contributed by atoms with Gasteiger partial charge in [0, 0.05) is 5.56 Å². The van der Waals surface area contributed by atoms with Crippen molar-refractivity contribution >= 4 is 5.78 Å². The highest BCUT2D eigenvalue weighted by Gasteiger charge is 2.22. The first kappa shape index (κ1) is 14.6. The number of hydrogen-bond acceptors (Lipinski definition) is 4. The van der Waals surface area contributed by atoms with Gasteiger partial charge in [0.2, 0.25) is 0 Å². The van der Waals surface area contributed by atoms with Gasteiger partial charge in [0.05, 0.1) is 20.3 Å². The molecule has 0 saturated heterocycles. The molecule has 0 heterocycles. The fraction of sp³-hybridized carbons (Fsp3) is 0.176. The lowest BCUT2D eigenvalue weighted by atomic mass is 9.92. The molecule has 0 radical (unpaired) electrons. The maximum absolute atomic E-state index is 12.5. The van der Waals surface area contributed by atoms with E-state index in [1.807, 2.05) is 0 Å². The standard InChI is InChI=1S/C17H15NO3/c1-20-14-8-6-12(7-9-14)16(11-18)17(19)13-4-3-5-15(10-13)21-2/h3-10,16H,1-2H3/t16-/m1/s1. The van der Waals surface area contributed by atoms with Crippen molar-refractivity contribution in [3.63, 3.8) is 0 Å². The second-order valence-corrected chi connectivity index (χ2v) is 4.43. The predicted octanol–water partition coefficient (Wildman–Crippen LogP) is 3.19. The normalized spacial score (nSPS) is 11.3. The van der Waals surface area contributed by atoms with Crippen LogP contribution in [-0.4, -0.2) is 20.0 Å². The first-order valence-corrected chi connectivity index (χ1v) is 6.41. The Kier molecular flexibility index (Phi) is 4.57. The molecule has 0 saturated carbocycles. The number of benzene rings is 2. The maximum atomic E-state index is 12.5. The van der Waals surface area contributed by atoms with Gasteiger partial charge in [-0.25, -0.2) is 0 Å². The summed E-state index contributed by atoms with van der Waals surface area (Å²) in [7, 11) is 3.10. The van der Waals surface area contributed by atoms with Crippen LogP contribution in [0, 0.1) is 11.3 Å². The molecular weight excluding hydrogens is 266 g/mol. The van der Waals surface area contributed by atoms with Crippen molar-refractivity contribution in [3.05, 3.63) is 59.7 Å². The number of methoxy groups -OCH3 is 2. The van der Waals surface area contributed by atoms with Gasteiger partial charge in [-0.15, -0.1) is 0 Å². The van der Waals surface area contributed by atoms with Crippen molar-refractivity contribution < 1.29 is 14.3 Å². The summed E-state index contributed by atoms with van der Waals surface area (Å²) < 4.78 is 10.2. The zero-order valence-electron chi connectivity index (χ0n) is 11.9. The smallest absolute Gasteiger partial charge is 0.184 e. The number of ketones is 1. The number of hydrogen-bond donors (Lipinski definition) is 0. The molecule has 1 atom stereocenters. The van der Waals surface area contributed by atoms with E-state index in [1.54, 1.807) is 55.6 Å². The molecule has 0 aliphatic heterocycles. The quantitative estimate of drug-likeness (QED) is 0.790. The van der Waals surface area contributed by atoms with Crippen molar-refractivity contribution in [1.82, 2.24) is 0 Å². The minimum absolute atomic E-state index is 0.249. The van der Waals surface area contributed by atoms with Gasteiger partial charge in [-0.1, -0.05) is 24.3 Å². The number of nitriles is 1. The number of nitrogens with zero attached hydrogens (tertiary/aromatic N) is 1. The number of ether oxygens (including phenoxy) is 2. The SMILES string of the molecule is COc1ccc([C@@H](C#N)C(=O)c2cccc(OC)c2)cc1. The summed E-state index contributed by atoms with van der Waals surface area (Å²) in [5.74, 6) is 0.182. The first-order chi connectivity index (χ1) is 10.2. The van der Waals surface area contributed by atoms with Gasteiger partial charge in [0.25, 0.3) is 0 Å². The second kappa shape index (κ2) is 6.58. The Bertz CT molecular complexity index is 671. The van der Waals surface area contributed by atoms with Crippen molar-refractivity contribution in [2.24, 2.45) is 0 Å². The monoisotopic (exact) mass is 281 g/mol. The van der Waals surface area contributed by atoms with Crippen LogP contribution in [0.4, 0.5) is 0 Å². The number of Topliss-reactive ketones (excluding diaryl/α,β-unsaturated/α-hetero) is 1. The molecule has 2 rings (SSSR count). The number of rotatable bonds is 5. The largest absolute Gasteiger partial charge is 0.497 e. The zero-order chi connectivity index (χ0) is 15.2. The first-order valence-electron chi connectivity index (χ1n) is 6.41. The van der Waals surface area contributed by atoms with Crippen LogP contribution in [0.25, 0.3) is 0 Å². The van der Waals surface area contributed by atoms with E-state index in [2.05, 4.69) is 6.07 Å². The van der Waals surface area contributed by atoms with Crippen LogP contribution in [0.2, 0.25) is 0 Å². The van der Waals surface area contributed by atoms with Crippen LogP contribution in [0.15, 0.2) is 48.5 Å². The Labute approximate surface area is 123 Å². The lowest BCUT2D eigenvalue weighted by molar-refractivity contribution is 0.0978. The molecule has 0 spiro atoms. The van der Waals surface area contributed by atoms with Gasteiger partial charge in [0.15, 0.2) is 5.78 Å². The van der Waals surface area contributed by atoms with E-state index in [-0.39, 0.29) is 5.78 Å². The van der Waals surface area contributed by atoms with Crippen molar-refractivity contribution in [2.75, 3.05) is 14.2 Å². The fourth-order valence-electron chi connectivity index (χ4n) is 2.02. The van der Waals surface area contributed by atoms with E-state index in [0.29, 0.717) is 22.6 Å². The van der Waals surface area contributed by atoms with Crippen LogP contribution in [-0.2, 0) is 0 Å². The summed E-state index contributed by atoms with van der Waals surface area (Å²) in [6.45, 7) is 0. The Hall–Kier alpha value is -2.80. The Morgan fingerprint density at radius 3 is 2.29 bits per heavy atom. The summed E-state index contributed by atoms with van der Waals surface area (Å²) in [5.41, 5.74) is 1.10. The van der Waals surface area contributed by atoms with Crippen LogP contribution >= 0.6 is 0 Å². The highest BCUT2D eigenvalue weighted by molar-refractivity contribution is 6.03. The third-order valence-electron chi connectivity index (χ3n) is 3.19. The van der Waals surface area contributed by atoms with Gasteiger partial charge in [-0.05, 0) is 29.8 Å². The Balaban J connectivity index is 2.31. The molecule has 4 nitrogen and oxygen atoms in total. The average molecular weight is 281 g/mol. The van der Waals surface area contributed by atoms with Crippen LogP contribution in [0.5, 0.6) is 11.5 Å². The van der Waals surface area contributed by atoms with E-state index in [0.717, 1.165) is 0 Å². The lowest BCUT2D eigenvalue weighted by Gasteiger charge is -2.10. The number of carbonyl (C=O) groups excluding carboxylic acids is 1. The minimum Gasteiger partial charge on any atom is -0.497 e. The molecule has 2 aromatic carbocycles. The van der Waals surface area contributed by atoms with E-state index >= 15 is 0 Å². The summed E-state index contributed by atoms with van der Waals surface area (Å²) in [5, 5.41) is 9.33. The second-order valence-electron chi connectivity index (χ2n) is 4.43. The molecule has 0 amide bonds. The van der Waals surface area contributed by atoms with Crippen LogP contribution < -0.4 is 9.47 Å². The fourth-order valence-corrected chi connectivity index (χ4v) is 2.02. The lowest BCUT2D eigenvalue weighted by Crippen LogP contribution is -2.11. The molecule has 0 aromatic heterocycles. The average Bonchev–Trinajstić information content (AvgIpc) is 2.56. The molecule has 106 valence electrons. The summed E-state index contributed by atoms with van der Waals surface area (Å²) in [4.78, 5) is 12.5. The summed E-state index contributed by atoms with van der Waals surface area (Å²) >= 11 is 0. The van der Waals surface area contributed by atoms with Crippen molar-refractivity contribution in [3.8, 4) is 17.6 Å². The third kappa shape index (κ3) is 3.21. The minimum atomic E-state index is -0.844. The van der Waals surface area contributed by atoms with Gasteiger partial charge >= 0.3 is 0 Å². The summed E-state index contributed by atoms with van der Waals surface area (Å²) in [6.07, 6.45) is 0. The van der Waals surface area contributed by atoms with Gasteiger partial charge in [-0.3, -0.25) is 4.79 Å². The van der Waals surface area contributed by atoms with Crippen LogP contribution in [0.3, 0.4) is 0 Å². The van der Waals surface area contributed by atoms with Crippen LogP contribution in [0.1, 0.15) is 21.8 Å². The molecule has 2 aromatic rings. The molecule has 0 bridgehead atoms. The Morgan fingerprint density at radius 1 is 1.05 bits per heavy atom. The van der Waals surface area contributed by atoms with Gasteiger partial charge in [-0.2, -0.15) is 5.26 Å². The molecule has 0 aliphatic carbocycles. The highest BCUT2D eigenvalue weighted by atomic mass is 16.5.